The topological polar surface area (TPSA) is 61.8 Å². The molecule has 0 radical (unpaired) electrons. The van der Waals surface area contributed by atoms with Gasteiger partial charge in [0.1, 0.15) is 12.2 Å². The number of rotatable bonds is 5. The van der Waals surface area contributed by atoms with Crippen molar-refractivity contribution in [1.29, 1.82) is 0 Å². The Morgan fingerprint density at radius 3 is 2.41 bits per heavy atom. The predicted octanol–water partition coefficient (Wildman–Crippen LogP) is 1.15. The molecule has 5 nitrogen and oxygen atoms in total. The van der Waals surface area contributed by atoms with Gasteiger partial charge < -0.3 is 19.0 Å². The highest BCUT2D eigenvalue weighted by atomic mass is 16.7. The molecule has 98 valence electrons. The van der Waals surface area contributed by atoms with Crippen LogP contribution in [0.4, 0.5) is 0 Å². The van der Waals surface area contributed by atoms with Crippen LogP contribution in [0.3, 0.4) is 0 Å². The van der Waals surface area contributed by atoms with Crippen LogP contribution in [0.2, 0.25) is 0 Å². The summed E-state index contributed by atoms with van der Waals surface area (Å²) in [5, 5.41) is 0. The molecule has 0 aromatic carbocycles. The zero-order chi connectivity index (χ0) is 12.9. The number of esters is 1. The fourth-order valence-electron chi connectivity index (χ4n) is 2.58. The van der Waals surface area contributed by atoms with Crippen molar-refractivity contribution >= 4 is 12.3 Å². The zero-order valence-corrected chi connectivity index (χ0v) is 10.6. The predicted molar refractivity (Wildman–Crippen MR) is 60.3 cm³/mol. The molecule has 0 aliphatic heterocycles. The summed E-state index contributed by atoms with van der Waals surface area (Å²) in [5.74, 6) is -1.50. The standard InChI is InChI=1S/C12H20O5/c1-15-11(14)10-5-4-9(6-7-13)8-12(10,16-2)17-3/h7,9-10H,4-6,8H2,1-3H3. The monoisotopic (exact) mass is 244 g/mol. The molecule has 1 aliphatic carbocycles. The second-order valence-corrected chi connectivity index (χ2v) is 4.35. The Hall–Kier alpha value is -0.940. The maximum atomic E-state index is 11.7. The van der Waals surface area contributed by atoms with Gasteiger partial charge >= 0.3 is 5.97 Å². The molecule has 0 saturated heterocycles. The summed E-state index contributed by atoms with van der Waals surface area (Å²) in [7, 11) is 4.39. The molecule has 0 bridgehead atoms. The maximum Gasteiger partial charge on any atom is 0.314 e. The van der Waals surface area contributed by atoms with Crippen LogP contribution >= 0.6 is 0 Å². The average Bonchev–Trinajstić information content (AvgIpc) is 2.38. The maximum absolute atomic E-state index is 11.7. The molecule has 0 N–H and O–H groups in total. The third-order valence-electron chi connectivity index (χ3n) is 3.57. The summed E-state index contributed by atoms with van der Waals surface area (Å²) in [6.45, 7) is 0. The van der Waals surface area contributed by atoms with Crippen LogP contribution in [-0.2, 0) is 23.8 Å². The Balaban J connectivity index is 2.86. The van der Waals surface area contributed by atoms with E-state index in [2.05, 4.69) is 0 Å². The lowest BCUT2D eigenvalue weighted by Gasteiger charge is -2.42. The fourth-order valence-corrected chi connectivity index (χ4v) is 2.58. The third-order valence-corrected chi connectivity index (χ3v) is 3.57. The van der Waals surface area contributed by atoms with Gasteiger partial charge in [0.2, 0.25) is 0 Å². The Labute approximate surface area is 101 Å². The van der Waals surface area contributed by atoms with Gasteiger partial charge in [-0.25, -0.2) is 0 Å². The normalized spacial score (nSPS) is 27.5. The first-order chi connectivity index (χ1) is 8.13. The van der Waals surface area contributed by atoms with E-state index in [4.69, 9.17) is 14.2 Å². The van der Waals surface area contributed by atoms with Gasteiger partial charge in [0.05, 0.1) is 7.11 Å². The van der Waals surface area contributed by atoms with Gasteiger partial charge in [0.25, 0.3) is 0 Å². The molecule has 0 heterocycles. The molecule has 1 aliphatic rings. The second kappa shape index (κ2) is 6.12. The number of carbonyl (C=O) groups excluding carboxylic acids is 2. The molecule has 0 amide bonds. The van der Waals surface area contributed by atoms with E-state index in [0.717, 1.165) is 12.7 Å². The van der Waals surface area contributed by atoms with Gasteiger partial charge in [-0.1, -0.05) is 0 Å². The first-order valence-electron chi connectivity index (χ1n) is 5.75. The van der Waals surface area contributed by atoms with Gasteiger partial charge in [0.15, 0.2) is 5.79 Å². The molecule has 1 rings (SSSR count). The van der Waals surface area contributed by atoms with E-state index in [1.807, 2.05) is 0 Å². The van der Waals surface area contributed by atoms with Crippen molar-refractivity contribution in [2.75, 3.05) is 21.3 Å². The van der Waals surface area contributed by atoms with Crippen molar-refractivity contribution in [3.05, 3.63) is 0 Å². The van der Waals surface area contributed by atoms with Gasteiger partial charge in [-0.15, -0.1) is 0 Å². The minimum Gasteiger partial charge on any atom is -0.469 e. The van der Waals surface area contributed by atoms with E-state index in [1.54, 1.807) is 0 Å². The Bertz CT molecular complexity index is 272. The van der Waals surface area contributed by atoms with Crippen LogP contribution in [0, 0.1) is 11.8 Å². The van der Waals surface area contributed by atoms with Crippen LogP contribution in [0.25, 0.3) is 0 Å². The number of hydrogen-bond donors (Lipinski definition) is 0. The summed E-state index contributed by atoms with van der Waals surface area (Å²) in [4.78, 5) is 22.3. The zero-order valence-electron chi connectivity index (χ0n) is 10.6. The minimum absolute atomic E-state index is 0.202. The van der Waals surface area contributed by atoms with Gasteiger partial charge in [-0.05, 0) is 18.8 Å². The highest BCUT2D eigenvalue weighted by Gasteiger charge is 2.49. The molecule has 2 unspecified atom stereocenters. The van der Waals surface area contributed by atoms with Crippen molar-refractivity contribution in [3.63, 3.8) is 0 Å². The molecule has 5 heteroatoms. The van der Waals surface area contributed by atoms with Crippen LogP contribution in [-0.4, -0.2) is 39.4 Å². The van der Waals surface area contributed by atoms with Gasteiger partial charge in [-0.3, -0.25) is 4.79 Å². The first-order valence-corrected chi connectivity index (χ1v) is 5.75. The smallest absolute Gasteiger partial charge is 0.314 e. The van der Waals surface area contributed by atoms with E-state index < -0.39 is 11.7 Å². The van der Waals surface area contributed by atoms with Crippen molar-refractivity contribution < 1.29 is 23.8 Å². The summed E-state index contributed by atoms with van der Waals surface area (Å²) >= 11 is 0. The minimum atomic E-state index is -0.959. The summed E-state index contributed by atoms with van der Waals surface area (Å²) < 4.78 is 15.6. The quantitative estimate of drug-likeness (QED) is 0.412. The number of carbonyl (C=O) groups is 2. The van der Waals surface area contributed by atoms with E-state index in [-0.39, 0.29) is 11.9 Å². The molecular weight excluding hydrogens is 224 g/mol. The van der Waals surface area contributed by atoms with Crippen LogP contribution in [0.1, 0.15) is 25.7 Å². The second-order valence-electron chi connectivity index (χ2n) is 4.35. The molecule has 2 atom stereocenters. The van der Waals surface area contributed by atoms with E-state index >= 15 is 0 Å². The Kier molecular flexibility index (Phi) is 5.08. The first kappa shape index (κ1) is 14.1. The number of hydrogen-bond acceptors (Lipinski definition) is 5. The summed E-state index contributed by atoms with van der Waals surface area (Å²) in [5.41, 5.74) is 0. The summed E-state index contributed by atoms with van der Waals surface area (Å²) in [6, 6.07) is 0. The van der Waals surface area contributed by atoms with Crippen LogP contribution in [0.15, 0.2) is 0 Å². The number of ether oxygens (including phenoxy) is 3. The SMILES string of the molecule is COC(=O)C1CCC(CC=O)CC1(OC)OC. The Morgan fingerprint density at radius 2 is 1.94 bits per heavy atom. The van der Waals surface area contributed by atoms with Crippen LogP contribution in [0.5, 0.6) is 0 Å². The van der Waals surface area contributed by atoms with Crippen molar-refractivity contribution in [2.45, 2.75) is 31.5 Å². The third kappa shape index (κ3) is 2.84. The molecule has 0 spiro atoms. The molecule has 0 aromatic rings. The molecule has 17 heavy (non-hydrogen) atoms. The average molecular weight is 244 g/mol. The molecule has 1 fully saturated rings. The number of aldehydes is 1. The molecule has 0 aromatic heterocycles. The van der Waals surface area contributed by atoms with Gasteiger partial charge in [-0.2, -0.15) is 0 Å². The summed E-state index contributed by atoms with van der Waals surface area (Å²) in [6.07, 6.45) is 3.35. The Morgan fingerprint density at radius 1 is 1.29 bits per heavy atom. The van der Waals surface area contributed by atoms with Gasteiger partial charge in [0, 0.05) is 27.1 Å². The van der Waals surface area contributed by atoms with E-state index in [0.29, 0.717) is 19.3 Å². The molecule has 1 saturated carbocycles. The lowest BCUT2D eigenvalue weighted by molar-refractivity contribution is -0.262. The van der Waals surface area contributed by atoms with Crippen LogP contribution < -0.4 is 0 Å². The largest absolute Gasteiger partial charge is 0.469 e. The van der Waals surface area contributed by atoms with Crippen molar-refractivity contribution in [2.24, 2.45) is 11.8 Å². The van der Waals surface area contributed by atoms with E-state index in [9.17, 15) is 9.59 Å². The highest BCUT2D eigenvalue weighted by molar-refractivity contribution is 5.73. The lowest BCUT2D eigenvalue weighted by atomic mass is 9.76. The molecular formula is C12H20O5. The number of methoxy groups -OCH3 is 3. The van der Waals surface area contributed by atoms with Crippen molar-refractivity contribution in [1.82, 2.24) is 0 Å². The van der Waals surface area contributed by atoms with Crippen molar-refractivity contribution in [3.8, 4) is 0 Å². The highest BCUT2D eigenvalue weighted by Crippen LogP contribution is 2.41. The fraction of sp³-hybridized carbons (Fsp3) is 0.833. The van der Waals surface area contributed by atoms with E-state index in [1.165, 1.54) is 21.3 Å². The lowest BCUT2D eigenvalue weighted by Crippen LogP contribution is -2.50.